The van der Waals surface area contributed by atoms with E-state index in [1.807, 2.05) is 0 Å². The minimum Gasteiger partial charge on any atom is -0.494 e. The Labute approximate surface area is 141 Å². The summed E-state index contributed by atoms with van der Waals surface area (Å²) in [6, 6.07) is 4.17. The van der Waals surface area contributed by atoms with Crippen molar-refractivity contribution in [2.45, 2.75) is 77.0 Å². The Hall–Kier alpha value is -0.943. The second-order valence-electron chi connectivity index (χ2n) is 7.34. The average Bonchev–Trinajstić information content (AvgIpc) is 3.10. The zero-order valence-electron chi connectivity index (χ0n) is 14.8. The van der Waals surface area contributed by atoms with Gasteiger partial charge in [-0.15, -0.1) is 0 Å². The minimum absolute atomic E-state index is 0.327. The van der Waals surface area contributed by atoms with Crippen LogP contribution in [0.25, 0.3) is 0 Å². The van der Waals surface area contributed by atoms with Crippen LogP contribution in [0.3, 0.4) is 0 Å². The molecule has 2 N–H and O–H groups in total. The van der Waals surface area contributed by atoms with Crippen LogP contribution in [0.1, 0.15) is 50.7 Å². The summed E-state index contributed by atoms with van der Waals surface area (Å²) < 4.78 is 4.54. The van der Waals surface area contributed by atoms with Gasteiger partial charge in [0.15, 0.2) is 11.8 Å². The largest absolute Gasteiger partial charge is 0.494 e. The summed E-state index contributed by atoms with van der Waals surface area (Å²) in [6.45, 7) is 7.85. The first-order valence-corrected chi connectivity index (χ1v) is 12.1. The van der Waals surface area contributed by atoms with Crippen LogP contribution in [-0.4, -0.2) is 40.7 Å². The summed E-state index contributed by atoms with van der Waals surface area (Å²) in [7, 11) is -1.19. The fraction of sp³-hybridized carbons (Fsp3) is 0.778. The highest BCUT2D eigenvalue weighted by Crippen LogP contribution is 2.39. The maximum atomic E-state index is 10.4. The van der Waals surface area contributed by atoms with Crippen LogP contribution in [0.2, 0.25) is 18.1 Å². The smallest absolute Gasteiger partial charge is 0.197 e. The molecule has 0 atom stereocenters. The predicted molar refractivity (Wildman–Crippen MR) is 96.7 cm³/mol. The Balaban J connectivity index is 1.64. The van der Waals surface area contributed by atoms with Gasteiger partial charge in [0.1, 0.15) is 8.24 Å². The Kier molecular flexibility index (Phi) is 5.06. The summed E-state index contributed by atoms with van der Waals surface area (Å²) in [5.74, 6) is 0.654. The van der Waals surface area contributed by atoms with Crippen LogP contribution in [0, 0.1) is 0 Å². The van der Waals surface area contributed by atoms with Crippen LogP contribution in [0.4, 0.5) is 0 Å². The Bertz CT molecular complexity index is 522. The van der Waals surface area contributed by atoms with Crippen LogP contribution < -0.4 is 0 Å². The van der Waals surface area contributed by atoms with Gasteiger partial charge in [-0.3, -0.25) is 4.57 Å². The van der Waals surface area contributed by atoms with E-state index in [-0.39, 0.29) is 0 Å². The highest BCUT2D eigenvalue weighted by Gasteiger charge is 2.39. The van der Waals surface area contributed by atoms with Gasteiger partial charge in [0, 0.05) is 17.7 Å². The first-order chi connectivity index (χ1) is 11.1. The zero-order valence-corrected chi connectivity index (χ0v) is 15.8. The van der Waals surface area contributed by atoms with Gasteiger partial charge >= 0.3 is 0 Å². The molecule has 1 aromatic heterocycles. The molecular weight excluding hydrogens is 304 g/mol. The molecule has 0 bridgehead atoms. The van der Waals surface area contributed by atoms with E-state index in [0.717, 1.165) is 56.3 Å². The molecule has 2 aliphatic rings. The van der Waals surface area contributed by atoms with Crippen molar-refractivity contribution in [2.24, 2.45) is 0 Å². The molecule has 1 saturated heterocycles. The maximum absolute atomic E-state index is 10.4. The highest BCUT2D eigenvalue weighted by atomic mass is 28.3. The molecule has 4 nitrogen and oxygen atoms in total. The minimum atomic E-state index is -1.19. The van der Waals surface area contributed by atoms with Gasteiger partial charge in [-0.1, -0.05) is 13.8 Å². The van der Waals surface area contributed by atoms with Crippen molar-refractivity contribution in [3.8, 4) is 11.8 Å². The molecule has 0 spiro atoms. The van der Waals surface area contributed by atoms with Crippen molar-refractivity contribution in [1.82, 2.24) is 9.13 Å². The average molecular weight is 337 g/mol. The monoisotopic (exact) mass is 336 g/mol. The number of aromatic hydroxyl groups is 2. The van der Waals surface area contributed by atoms with E-state index in [1.165, 1.54) is 31.1 Å². The number of fused-ring (bicyclic) bond motifs is 1. The second-order valence-corrected chi connectivity index (χ2v) is 12.3. The van der Waals surface area contributed by atoms with Gasteiger partial charge < -0.3 is 14.8 Å². The third kappa shape index (κ3) is 2.93. The lowest BCUT2D eigenvalue weighted by Crippen LogP contribution is -2.48. The number of hydrogen-bond donors (Lipinski definition) is 2. The third-order valence-electron chi connectivity index (χ3n) is 6.39. The SMILES string of the molecule is CC[Si]1(CC)CCCN1CCCn1c(O)c2c(c1O)CCCC2. The lowest BCUT2D eigenvalue weighted by atomic mass is 9.95. The molecule has 23 heavy (non-hydrogen) atoms. The van der Waals surface area contributed by atoms with Crippen molar-refractivity contribution >= 4 is 8.24 Å². The molecule has 1 fully saturated rings. The maximum Gasteiger partial charge on any atom is 0.197 e. The molecular formula is C18H32N2O2Si. The van der Waals surface area contributed by atoms with Gasteiger partial charge in [0.05, 0.1) is 0 Å². The number of aromatic nitrogens is 1. The number of hydrogen-bond acceptors (Lipinski definition) is 3. The fourth-order valence-corrected chi connectivity index (χ4v) is 9.35. The van der Waals surface area contributed by atoms with Gasteiger partial charge in [-0.2, -0.15) is 0 Å². The van der Waals surface area contributed by atoms with E-state index in [1.54, 1.807) is 4.57 Å². The van der Waals surface area contributed by atoms with E-state index < -0.39 is 8.24 Å². The van der Waals surface area contributed by atoms with Gasteiger partial charge in [-0.05, 0) is 69.7 Å². The summed E-state index contributed by atoms with van der Waals surface area (Å²) in [5.41, 5.74) is 2.00. The second kappa shape index (κ2) is 6.89. The first kappa shape index (κ1) is 16.9. The lowest BCUT2D eigenvalue weighted by molar-refractivity contribution is 0.348. The van der Waals surface area contributed by atoms with Crippen LogP contribution in [0.15, 0.2) is 0 Å². The van der Waals surface area contributed by atoms with Crippen molar-refractivity contribution in [1.29, 1.82) is 0 Å². The topological polar surface area (TPSA) is 48.6 Å². The summed E-state index contributed by atoms with van der Waals surface area (Å²) in [5, 5.41) is 20.9. The summed E-state index contributed by atoms with van der Waals surface area (Å²) >= 11 is 0. The predicted octanol–water partition coefficient (Wildman–Crippen LogP) is 3.86. The normalized spacial score (nSPS) is 20.8. The lowest BCUT2D eigenvalue weighted by Gasteiger charge is -2.35. The van der Waals surface area contributed by atoms with E-state index in [9.17, 15) is 10.2 Å². The van der Waals surface area contributed by atoms with Gasteiger partial charge in [-0.25, -0.2) is 0 Å². The van der Waals surface area contributed by atoms with E-state index in [2.05, 4.69) is 18.4 Å². The van der Waals surface area contributed by atoms with Crippen LogP contribution >= 0.6 is 0 Å². The fourth-order valence-electron chi connectivity index (χ4n) is 4.85. The molecule has 0 aromatic carbocycles. The van der Waals surface area contributed by atoms with E-state index in [4.69, 9.17) is 0 Å². The molecule has 0 amide bonds. The Morgan fingerprint density at radius 1 is 0.913 bits per heavy atom. The Morgan fingerprint density at radius 2 is 1.52 bits per heavy atom. The summed E-state index contributed by atoms with van der Waals surface area (Å²) in [6.07, 6.45) is 6.45. The van der Waals surface area contributed by atoms with E-state index in [0.29, 0.717) is 11.8 Å². The van der Waals surface area contributed by atoms with Crippen molar-refractivity contribution in [2.75, 3.05) is 13.1 Å². The highest BCUT2D eigenvalue weighted by molar-refractivity contribution is 6.77. The van der Waals surface area contributed by atoms with Crippen LogP contribution in [0.5, 0.6) is 11.8 Å². The van der Waals surface area contributed by atoms with Gasteiger partial charge in [0.25, 0.3) is 0 Å². The quantitative estimate of drug-likeness (QED) is 0.776. The van der Waals surface area contributed by atoms with Crippen molar-refractivity contribution in [3.05, 3.63) is 11.1 Å². The summed E-state index contributed by atoms with van der Waals surface area (Å²) in [4.78, 5) is 0. The molecule has 1 aliphatic carbocycles. The van der Waals surface area contributed by atoms with E-state index >= 15 is 0 Å². The zero-order chi connectivity index (χ0) is 16.4. The molecule has 0 radical (unpaired) electrons. The standard InChI is InChI=1S/C18H32N2O2Si/c1-3-23(4-2)14-8-12-19(23)11-7-13-20-17(21)15-9-5-6-10-16(15)18(20)22/h21-22H,3-14H2,1-2H3. The van der Waals surface area contributed by atoms with Crippen molar-refractivity contribution in [3.63, 3.8) is 0 Å². The Morgan fingerprint density at radius 3 is 2.09 bits per heavy atom. The molecule has 1 aliphatic heterocycles. The van der Waals surface area contributed by atoms with Crippen molar-refractivity contribution < 1.29 is 10.2 Å². The molecule has 2 heterocycles. The molecule has 0 saturated carbocycles. The number of rotatable bonds is 6. The van der Waals surface area contributed by atoms with Crippen LogP contribution in [-0.2, 0) is 19.4 Å². The number of nitrogens with zero attached hydrogens (tertiary/aromatic N) is 2. The molecule has 0 unspecified atom stereocenters. The molecule has 5 heteroatoms. The first-order valence-electron chi connectivity index (χ1n) is 9.50. The molecule has 130 valence electrons. The molecule has 3 rings (SSSR count). The molecule has 1 aromatic rings. The third-order valence-corrected chi connectivity index (χ3v) is 12.1. The van der Waals surface area contributed by atoms with Gasteiger partial charge in [0.2, 0.25) is 0 Å².